The molecule has 3 aromatic heterocycles. The monoisotopic (exact) mass is 427 g/mol. The maximum atomic E-state index is 12.8. The van der Waals surface area contributed by atoms with E-state index in [1.807, 2.05) is 48.5 Å². The highest BCUT2D eigenvalue weighted by molar-refractivity contribution is 7.20. The molecule has 0 radical (unpaired) electrons. The van der Waals surface area contributed by atoms with Crippen LogP contribution in [0.4, 0.5) is 6.01 Å². The van der Waals surface area contributed by atoms with Gasteiger partial charge in [0.25, 0.3) is 11.7 Å². The lowest BCUT2D eigenvalue weighted by Gasteiger charge is -2.00. The first-order valence-corrected chi connectivity index (χ1v) is 10.5. The predicted molar refractivity (Wildman–Crippen MR) is 119 cm³/mol. The van der Waals surface area contributed by atoms with E-state index >= 15 is 0 Å². The molecule has 0 amide bonds. The zero-order valence-electron chi connectivity index (χ0n) is 16.4. The van der Waals surface area contributed by atoms with Gasteiger partial charge in [0.2, 0.25) is 0 Å². The van der Waals surface area contributed by atoms with E-state index in [9.17, 15) is 4.79 Å². The average molecular weight is 427 g/mol. The van der Waals surface area contributed by atoms with Crippen LogP contribution in [0.1, 0.15) is 21.3 Å². The first kappa shape index (κ1) is 19.1. The van der Waals surface area contributed by atoms with E-state index in [4.69, 9.17) is 4.42 Å². The standard InChI is InChI=1S/C23H17N5O2S/c29-20(21-27-28-23(30-21)25-12-10-15-5-4-11-24-14-15)22-26-18-9-8-17(13-19(18)31-22)16-6-2-1-3-7-16/h1-9,11,13-14H,10,12H2,(H,25,28). The number of ketones is 1. The third kappa shape index (κ3) is 4.19. The van der Waals surface area contributed by atoms with Crippen LogP contribution in [-0.4, -0.2) is 32.5 Å². The molecule has 0 fully saturated rings. The third-order valence-corrected chi connectivity index (χ3v) is 5.74. The SMILES string of the molecule is O=C(c1nnc(NCCc2cccnc2)o1)c1nc2ccc(-c3ccccc3)cc2s1. The quantitative estimate of drug-likeness (QED) is 0.379. The Morgan fingerprint density at radius 2 is 1.90 bits per heavy atom. The van der Waals surface area contributed by atoms with E-state index in [-0.39, 0.29) is 17.7 Å². The van der Waals surface area contributed by atoms with Crippen LogP contribution in [0.15, 0.2) is 77.5 Å². The van der Waals surface area contributed by atoms with Crippen molar-refractivity contribution in [3.63, 3.8) is 0 Å². The molecule has 152 valence electrons. The molecule has 0 aliphatic rings. The molecule has 5 aromatic rings. The molecule has 1 N–H and O–H groups in total. The number of anilines is 1. The van der Waals surface area contributed by atoms with Gasteiger partial charge in [0, 0.05) is 18.9 Å². The van der Waals surface area contributed by atoms with Crippen LogP contribution in [0.3, 0.4) is 0 Å². The number of carbonyl (C=O) groups is 1. The highest BCUT2D eigenvalue weighted by Crippen LogP contribution is 2.29. The molecule has 0 spiro atoms. The van der Waals surface area contributed by atoms with Gasteiger partial charge in [0.1, 0.15) is 0 Å². The molecule has 0 aliphatic heterocycles. The van der Waals surface area contributed by atoms with E-state index in [1.165, 1.54) is 11.3 Å². The lowest BCUT2D eigenvalue weighted by molar-refractivity contribution is 0.100. The Labute approximate surface area is 181 Å². The van der Waals surface area contributed by atoms with Crippen molar-refractivity contribution in [1.82, 2.24) is 20.2 Å². The molecule has 5 rings (SSSR count). The Kier molecular flexibility index (Phi) is 5.20. The summed E-state index contributed by atoms with van der Waals surface area (Å²) in [4.78, 5) is 21.3. The molecule has 0 aliphatic carbocycles. The summed E-state index contributed by atoms with van der Waals surface area (Å²) in [5.41, 5.74) is 4.05. The fourth-order valence-electron chi connectivity index (χ4n) is 3.17. The number of nitrogens with one attached hydrogen (secondary N) is 1. The molecule has 2 aromatic carbocycles. The van der Waals surface area contributed by atoms with Crippen molar-refractivity contribution in [3.05, 3.63) is 89.5 Å². The Bertz CT molecular complexity index is 1330. The number of aromatic nitrogens is 4. The van der Waals surface area contributed by atoms with Crippen molar-refractivity contribution in [2.75, 3.05) is 11.9 Å². The molecule has 3 heterocycles. The van der Waals surface area contributed by atoms with Crippen molar-refractivity contribution in [2.45, 2.75) is 6.42 Å². The van der Waals surface area contributed by atoms with Crippen LogP contribution in [0.2, 0.25) is 0 Å². The molecular formula is C23H17N5O2S. The summed E-state index contributed by atoms with van der Waals surface area (Å²) in [7, 11) is 0. The minimum atomic E-state index is -0.379. The van der Waals surface area contributed by atoms with Gasteiger partial charge in [-0.25, -0.2) is 4.98 Å². The van der Waals surface area contributed by atoms with Crippen LogP contribution < -0.4 is 5.32 Å². The van der Waals surface area contributed by atoms with Gasteiger partial charge in [-0.15, -0.1) is 16.4 Å². The molecular weight excluding hydrogens is 410 g/mol. The first-order valence-electron chi connectivity index (χ1n) is 9.73. The summed E-state index contributed by atoms with van der Waals surface area (Å²) in [6.45, 7) is 0.588. The Morgan fingerprint density at radius 1 is 1.00 bits per heavy atom. The molecule has 0 unspecified atom stereocenters. The van der Waals surface area contributed by atoms with Gasteiger partial charge in [-0.1, -0.05) is 47.6 Å². The number of thiazole rings is 1. The first-order chi connectivity index (χ1) is 15.3. The third-order valence-electron chi connectivity index (χ3n) is 4.72. The maximum Gasteiger partial charge on any atom is 0.315 e. The van der Waals surface area contributed by atoms with Gasteiger partial charge in [-0.2, -0.15) is 0 Å². The fraction of sp³-hybridized carbons (Fsp3) is 0.0870. The van der Waals surface area contributed by atoms with Crippen molar-refractivity contribution in [2.24, 2.45) is 0 Å². The molecule has 0 atom stereocenters. The molecule has 7 nitrogen and oxygen atoms in total. The Balaban J connectivity index is 1.29. The number of rotatable bonds is 7. The number of fused-ring (bicyclic) bond motifs is 1. The van der Waals surface area contributed by atoms with E-state index in [1.54, 1.807) is 12.4 Å². The number of nitrogens with zero attached hydrogens (tertiary/aromatic N) is 4. The van der Waals surface area contributed by atoms with Crippen molar-refractivity contribution >= 4 is 33.4 Å². The van der Waals surface area contributed by atoms with Crippen LogP contribution in [0, 0.1) is 0 Å². The van der Waals surface area contributed by atoms with E-state index in [0.29, 0.717) is 11.6 Å². The zero-order chi connectivity index (χ0) is 21.0. The van der Waals surface area contributed by atoms with E-state index < -0.39 is 0 Å². The number of carbonyl (C=O) groups excluding carboxylic acids is 1. The fourth-order valence-corrected chi connectivity index (χ4v) is 4.11. The van der Waals surface area contributed by atoms with Gasteiger partial charge >= 0.3 is 6.01 Å². The van der Waals surface area contributed by atoms with Crippen molar-refractivity contribution in [3.8, 4) is 11.1 Å². The molecule has 8 heteroatoms. The van der Waals surface area contributed by atoms with Crippen LogP contribution in [-0.2, 0) is 6.42 Å². The second-order valence-electron chi connectivity index (χ2n) is 6.85. The molecule has 0 bridgehead atoms. The summed E-state index contributed by atoms with van der Waals surface area (Å²) in [6.07, 6.45) is 4.29. The minimum Gasteiger partial charge on any atom is -0.400 e. The molecule has 0 saturated carbocycles. The van der Waals surface area contributed by atoms with Gasteiger partial charge in [0.05, 0.1) is 10.2 Å². The summed E-state index contributed by atoms with van der Waals surface area (Å²) in [5.74, 6) is -0.457. The topological polar surface area (TPSA) is 93.8 Å². The lowest BCUT2D eigenvalue weighted by Crippen LogP contribution is -2.05. The van der Waals surface area contributed by atoms with E-state index in [2.05, 4.69) is 37.6 Å². The smallest absolute Gasteiger partial charge is 0.315 e. The Hall–Kier alpha value is -3.91. The van der Waals surface area contributed by atoms with Crippen LogP contribution in [0.25, 0.3) is 21.3 Å². The van der Waals surface area contributed by atoms with Gasteiger partial charge in [0.15, 0.2) is 5.01 Å². The van der Waals surface area contributed by atoms with Gasteiger partial charge in [-0.3, -0.25) is 9.78 Å². The average Bonchev–Trinajstić information content (AvgIpc) is 3.47. The predicted octanol–water partition coefficient (Wildman–Crippen LogP) is 4.63. The minimum absolute atomic E-state index is 0.0776. The maximum absolute atomic E-state index is 12.8. The number of pyridine rings is 1. The second kappa shape index (κ2) is 8.45. The van der Waals surface area contributed by atoms with Crippen LogP contribution >= 0.6 is 11.3 Å². The second-order valence-corrected chi connectivity index (χ2v) is 7.88. The van der Waals surface area contributed by atoms with Gasteiger partial charge in [-0.05, 0) is 41.3 Å². The largest absolute Gasteiger partial charge is 0.400 e. The van der Waals surface area contributed by atoms with E-state index in [0.717, 1.165) is 33.3 Å². The molecule has 0 saturated heterocycles. The van der Waals surface area contributed by atoms with Crippen molar-refractivity contribution in [1.29, 1.82) is 0 Å². The summed E-state index contributed by atoms with van der Waals surface area (Å²) in [6, 6.07) is 20.1. The number of benzene rings is 2. The van der Waals surface area contributed by atoms with Crippen LogP contribution in [0.5, 0.6) is 0 Å². The van der Waals surface area contributed by atoms with Gasteiger partial charge < -0.3 is 9.73 Å². The Morgan fingerprint density at radius 3 is 2.74 bits per heavy atom. The normalized spacial score (nSPS) is 11.0. The highest BCUT2D eigenvalue weighted by Gasteiger charge is 2.21. The highest BCUT2D eigenvalue weighted by atomic mass is 32.1. The summed E-state index contributed by atoms with van der Waals surface area (Å²) >= 11 is 1.32. The lowest BCUT2D eigenvalue weighted by atomic mass is 10.1. The summed E-state index contributed by atoms with van der Waals surface area (Å²) < 4.78 is 6.42. The number of hydrogen-bond acceptors (Lipinski definition) is 8. The zero-order valence-corrected chi connectivity index (χ0v) is 17.2. The number of hydrogen-bond donors (Lipinski definition) is 1. The van der Waals surface area contributed by atoms with Crippen molar-refractivity contribution < 1.29 is 9.21 Å². The molecule has 31 heavy (non-hydrogen) atoms. The summed E-state index contributed by atoms with van der Waals surface area (Å²) in [5, 5.41) is 11.2.